The summed E-state index contributed by atoms with van der Waals surface area (Å²) >= 11 is 1.59. The predicted octanol–water partition coefficient (Wildman–Crippen LogP) is 3.89. The van der Waals surface area contributed by atoms with Crippen LogP contribution in [0.4, 0.5) is 5.69 Å². The number of aryl methyl sites for hydroxylation is 1. The van der Waals surface area contributed by atoms with Gasteiger partial charge in [-0.05, 0) is 30.5 Å². The monoisotopic (exact) mass is 284 g/mol. The molecule has 0 aliphatic carbocycles. The Balaban J connectivity index is 1.58. The molecule has 0 radical (unpaired) electrons. The molecule has 3 rings (SSSR count). The molecule has 0 amide bonds. The van der Waals surface area contributed by atoms with Crippen LogP contribution >= 0.6 is 11.3 Å². The standard InChI is InChI=1S/C16H16N2OS/c17-15-13(8-9-14-16(15)18-11-20-14)19-10-4-7-12-5-2-1-3-6-12/h1-3,5-6,8-9,11H,4,7,10,17H2. The van der Waals surface area contributed by atoms with E-state index in [1.54, 1.807) is 16.8 Å². The zero-order valence-electron chi connectivity index (χ0n) is 11.1. The number of aromatic nitrogens is 1. The fraction of sp³-hybridized carbons (Fsp3) is 0.188. The maximum absolute atomic E-state index is 6.08. The quantitative estimate of drug-likeness (QED) is 0.571. The van der Waals surface area contributed by atoms with Crippen molar-refractivity contribution in [2.75, 3.05) is 12.3 Å². The van der Waals surface area contributed by atoms with Crippen molar-refractivity contribution in [1.29, 1.82) is 0 Å². The minimum atomic E-state index is 0.642. The van der Waals surface area contributed by atoms with Crippen LogP contribution in [-0.2, 0) is 6.42 Å². The molecule has 2 N–H and O–H groups in total. The number of thiazole rings is 1. The van der Waals surface area contributed by atoms with Crippen LogP contribution in [0.15, 0.2) is 48.0 Å². The molecule has 3 nitrogen and oxygen atoms in total. The van der Waals surface area contributed by atoms with E-state index in [0.29, 0.717) is 12.3 Å². The lowest BCUT2D eigenvalue weighted by Crippen LogP contribution is -2.02. The second-order valence-corrected chi connectivity index (χ2v) is 5.50. The molecule has 0 bridgehead atoms. The highest BCUT2D eigenvalue weighted by Crippen LogP contribution is 2.31. The first-order valence-corrected chi connectivity index (χ1v) is 7.51. The molecule has 0 fully saturated rings. The van der Waals surface area contributed by atoms with Gasteiger partial charge in [-0.2, -0.15) is 0 Å². The second-order valence-electron chi connectivity index (χ2n) is 4.61. The third-order valence-electron chi connectivity index (χ3n) is 3.21. The minimum absolute atomic E-state index is 0.642. The summed E-state index contributed by atoms with van der Waals surface area (Å²) in [6, 6.07) is 14.4. The van der Waals surface area contributed by atoms with Gasteiger partial charge in [0.05, 0.1) is 16.8 Å². The Hall–Kier alpha value is -2.07. The van der Waals surface area contributed by atoms with Crippen molar-refractivity contribution < 1.29 is 4.74 Å². The first kappa shape index (κ1) is 12.9. The lowest BCUT2D eigenvalue weighted by atomic mass is 10.1. The third kappa shape index (κ3) is 2.75. The van der Waals surface area contributed by atoms with E-state index in [9.17, 15) is 0 Å². The number of benzene rings is 2. The molecule has 2 aromatic carbocycles. The van der Waals surface area contributed by atoms with Crippen molar-refractivity contribution in [1.82, 2.24) is 4.98 Å². The number of rotatable bonds is 5. The van der Waals surface area contributed by atoms with Gasteiger partial charge in [-0.15, -0.1) is 11.3 Å². The second kappa shape index (κ2) is 5.92. The minimum Gasteiger partial charge on any atom is -0.491 e. The summed E-state index contributed by atoms with van der Waals surface area (Å²) < 4.78 is 6.87. The number of ether oxygens (including phenoxy) is 1. The molecule has 0 spiro atoms. The van der Waals surface area contributed by atoms with Gasteiger partial charge in [0.25, 0.3) is 0 Å². The first-order valence-electron chi connectivity index (χ1n) is 6.63. The van der Waals surface area contributed by atoms with Crippen molar-refractivity contribution in [3.05, 3.63) is 53.5 Å². The number of nitrogen functional groups attached to an aromatic ring is 1. The van der Waals surface area contributed by atoms with Gasteiger partial charge in [0.2, 0.25) is 0 Å². The predicted molar refractivity (Wildman–Crippen MR) is 84.3 cm³/mol. The fourth-order valence-corrected chi connectivity index (χ4v) is 2.86. The molecule has 0 unspecified atom stereocenters. The first-order chi connectivity index (χ1) is 9.84. The summed E-state index contributed by atoms with van der Waals surface area (Å²) in [6.45, 7) is 0.661. The average Bonchev–Trinajstić information content (AvgIpc) is 2.96. The van der Waals surface area contributed by atoms with Crippen LogP contribution in [-0.4, -0.2) is 11.6 Å². The summed E-state index contributed by atoms with van der Waals surface area (Å²) in [7, 11) is 0. The molecule has 0 aliphatic heterocycles. The largest absolute Gasteiger partial charge is 0.491 e. The van der Waals surface area contributed by atoms with Crippen molar-refractivity contribution >= 4 is 27.2 Å². The average molecular weight is 284 g/mol. The van der Waals surface area contributed by atoms with Gasteiger partial charge in [0.15, 0.2) is 0 Å². The van der Waals surface area contributed by atoms with Gasteiger partial charge in [-0.1, -0.05) is 30.3 Å². The molecule has 1 aromatic heterocycles. The summed E-state index contributed by atoms with van der Waals surface area (Å²) in [5.41, 5.74) is 10.7. The number of anilines is 1. The Bertz CT molecular complexity index is 694. The van der Waals surface area contributed by atoms with Gasteiger partial charge in [-0.25, -0.2) is 4.98 Å². The zero-order valence-corrected chi connectivity index (χ0v) is 11.9. The van der Waals surface area contributed by atoms with E-state index in [4.69, 9.17) is 10.5 Å². The smallest absolute Gasteiger partial charge is 0.144 e. The molecule has 0 saturated heterocycles. The number of nitrogens with two attached hydrogens (primary N) is 1. The molecule has 3 aromatic rings. The van der Waals surface area contributed by atoms with Crippen LogP contribution < -0.4 is 10.5 Å². The third-order valence-corrected chi connectivity index (χ3v) is 4.01. The number of hydrogen-bond donors (Lipinski definition) is 1. The molecule has 0 atom stereocenters. The normalized spacial score (nSPS) is 10.8. The van der Waals surface area contributed by atoms with Gasteiger partial charge in [0.1, 0.15) is 17.0 Å². The summed E-state index contributed by atoms with van der Waals surface area (Å²) in [5.74, 6) is 0.733. The molecule has 0 saturated carbocycles. The van der Waals surface area contributed by atoms with Crippen LogP contribution in [0, 0.1) is 0 Å². The summed E-state index contributed by atoms with van der Waals surface area (Å²) in [5, 5.41) is 0. The van der Waals surface area contributed by atoms with Crippen molar-refractivity contribution in [2.45, 2.75) is 12.8 Å². The van der Waals surface area contributed by atoms with Crippen LogP contribution in [0.3, 0.4) is 0 Å². The van der Waals surface area contributed by atoms with Crippen LogP contribution in [0.1, 0.15) is 12.0 Å². The number of nitrogens with zero attached hydrogens (tertiary/aromatic N) is 1. The number of fused-ring (bicyclic) bond motifs is 1. The van der Waals surface area contributed by atoms with Gasteiger partial charge in [-0.3, -0.25) is 0 Å². The zero-order chi connectivity index (χ0) is 13.8. The highest BCUT2D eigenvalue weighted by atomic mass is 32.1. The van der Waals surface area contributed by atoms with Gasteiger partial charge in [0, 0.05) is 0 Å². The van der Waals surface area contributed by atoms with Gasteiger partial charge >= 0.3 is 0 Å². The van der Waals surface area contributed by atoms with Gasteiger partial charge < -0.3 is 10.5 Å². The summed E-state index contributed by atoms with van der Waals surface area (Å²) in [4.78, 5) is 4.27. The number of hydrogen-bond acceptors (Lipinski definition) is 4. The molecule has 0 aliphatic rings. The van der Waals surface area contributed by atoms with E-state index in [1.807, 2.05) is 18.2 Å². The molecule has 102 valence electrons. The summed E-state index contributed by atoms with van der Waals surface area (Å²) in [6.07, 6.45) is 1.98. The van der Waals surface area contributed by atoms with Crippen LogP contribution in [0.5, 0.6) is 5.75 Å². The van der Waals surface area contributed by atoms with E-state index in [1.165, 1.54) is 5.56 Å². The Morgan fingerprint density at radius 1 is 1.10 bits per heavy atom. The Morgan fingerprint density at radius 3 is 2.80 bits per heavy atom. The van der Waals surface area contributed by atoms with E-state index in [-0.39, 0.29) is 0 Å². The van der Waals surface area contributed by atoms with Crippen molar-refractivity contribution in [3.63, 3.8) is 0 Å². The SMILES string of the molecule is Nc1c(OCCCc2ccccc2)ccc2scnc12. The fourth-order valence-electron chi connectivity index (χ4n) is 2.16. The lowest BCUT2D eigenvalue weighted by molar-refractivity contribution is 0.313. The lowest BCUT2D eigenvalue weighted by Gasteiger charge is -2.09. The highest BCUT2D eigenvalue weighted by molar-refractivity contribution is 7.16. The maximum atomic E-state index is 6.08. The maximum Gasteiger partial charge on any atom is 0.144 e. The van der Waals surface area contributed by atoms with Crippen LogP contribution in [0.25, 0.3) is 10.2 Å². The Kier molecular flexibility index (Phi) is 3.83. The van der Waals surface area contributed by atoms with E-state index >= 15 is 0 Å². The molecular weight excluding hydrogens is 268 g/mol. The van der Waals surface area contributed by atoms with Crippen molar-refractivity contribution in [2.24, 2.45) is 0 Å². The molecule has 4 heteroatoms. The molecule has 1 heterocycles. The van der Waals surface area contributed by atoms with Crippen molar-refractivity contribution in [3.8, 4) is 5.75 Å². The molecule has 20 heavy (non-hydrogen) atoms. The van der Waals surface area contributed by atoms with E-state index in [2.05, 4.69) is 29.2 Å². The Morgan fingerprint density at radius 2 is 1.95 bits per heavy atom. The topological polar surface area (TPSA) is 48.1 Å². The highest BCUT2D eigenvalue weighted by Gasteiger charge is 2.07. The van der Waals surface area contributed by atoms with E-state index in [0.717, 1.165) is 28.8 Å². The van der Waals surface area contributed by atoms with Crippen LogP contribution in [0.2, 0.25) is 0 Å². The molecular formula is C16H16N2OS. The van der Waals surface area contributed by atoms with E-state index < -0.39 is 0 Å². The Labute approximate surface area is 122 Å².